The second kappa shape index (κ2) is 8.20. The molecule has 1 unspecified atom stereocenters. The van der Waals surface area contributed by atoms with Crippen LogP contribution in [0.3, 0.4) is 0 Å². The van der Waals surface area contributed by atoms with E-state index >= 15 is 0 Å². The number of piperidine rings is 1. The maximum Gasteiger partial charge on any atom is 0.341 e. The van der Waals surface area contributed by atoms with E-state index in [-0.39, 0.29) is 12.1 Å². The van der Waals surface area contributed by atoms with Gasteiger partial charge in [0.25, 0.3) is 0 Å². The number of hydrogen-bond acceptors (Lipinski definition) is 7. The lowest BCUT2D eigenvalue weighted by atomic mass is 10.1. The molecule has 0 saturated carbocycles. The monoisotopic (exact) mass is 387 g/mol. The molecule has 2 aliphatic heterocycles. The molecule has 0 radical (unpaired) electrons. The molecule has 1 fully saturated rings. The number of carbonyl (C=O) groups is 1. The molecule has 0 bridgehead atoms. The van der Waals surface area contributed by atoms with Crippen molar-refractivity contribution >= 4 is 5.97 Å². The number of β-amino-alcohol motifs (C(OH)–C–C–N with tert-alkyl or cyclic N) is 1. The molecular formula is C20H25N3O5. The van der Waals surface area contributed by atoms with Crippen molar-refractivity contribution in [2.45, 2.75) is 32.4 Å². The highest BCUT2D eigenvalue weighted by molar-refractivity contribution is 5.90. The Kier molecular flexibility index (Phi) is 5.50. The number of aliphatic hydroxyl groups excluding tert-OH is 1. The minimum absolute atomic E-state index is 0.301. The van der Waals surface area contributed by atoms with Crippen LogP contribution in [0.1, 0.15) is 35.8 Å². The zero-order valence-corrected chi connectivity index (χ0v) is 16.0. The van der Waals surface area contributed by atoms with Gasteiger partial charge in [0.1, 0.15) is 18.8 Å². The Morgan fingerprint density at radius 3 is 2.93 bits per heavy atom. The van der Waals surface area contributed by atoms with Crippen LogP contribution in [0.15, 0.2) is 24.4 Å². The predicted molar refractivity (Wildman–Crippen MR) is 101 cm³/mol. The summed E-state index contributed by atoms with van der Waals surface area (Å²) in [6.45, 7) is 5.06. The molecule has 1 N–H and O–H groups in total. The normalized spacial score (nSPS) is 19.4. The first-order chi connectivity index (χ1) is 13.7. The highest BCUT2D eigenvalue weighted by Gasteiger charge is 2.25. The Morgan fingerprint density at radius 2 is 2.14 bits per heavy atom. The average Bonchev–Trinajstić information content (AvgIpc) is 3.11. The van der Waals surface area contributed by atoms with Crippen LogP contribution in [0.25, 0.3) is 5.69 Å². The largest absolute Gasteiger partial charge is 0.486 e. The first kappa shape index (κ1) is 18.8. The number of ether oxygens (including phenoxy) is 3. The second-order valence-corrected chi connectivity index (χ2v) is 7.00. The van der Waals surface area contributed by atoms with Gasteiger partial charge in [-0.05, 0) is 38.4 Å². The molecule has 3 heterocycles. The van der Waals surface area contributed by atoms with E-state index in [9.17, 15) is 9.90 Å². The van der Waals surface area contributed by atoms with E-state index in [2.05, 4.69) is 10.00 Å². The van der Waals surface area contributed by atoms with Crippen molar-refractivity contribution in [3.8, 4) is 17.2 Å². The number of fused-ring (bicyclic) bond motifs is 1. The van der Waals surface area contributed by atoms with Gasteiger partial charge in [0.15, 0.2) is 11.5 Å². The zero-order valence-electron chi connectivity index (χ0n) is 16.0. The van der Waals surface area contributed by atoms with E-state index in [1.54, 1.807) is 17.8 Å². The van der Waals surface area contributed by atoms with Gasteiger partial charge in [-0.2, -0.15) is 5.10 Å². The number of aliphatic hydroxyl groups is 1. The Bertz CT molecular complexity index is 850. The molecule has 28 heavy (non-hydrogen) atoms. The van der Waals surface area contributed by atoms with Gasteiger partial charge >= 0.3 is 5.97 Å². The number of likely N-dealkylation sites (tertiary alicyclic amines) is 1. The summed E-state index contributed by atoms with van der Waals surface area (Å²) in [6, 6.07) is 5.61. The van der Waals surface area contributed by atoms with Crippen LogP contribution in [0.2, 0.25) is 0 Å². The fourth-order valence-corrected chi connectivity index (χ4v) is 3.68. The van der Waals surface area contributed by atoms with Crippen molar-refractivity contribution in [3.63, 3.8) is 0 Å². The first-order valence-corrected chi connectivity index (χ1v) is 9.70. The number of benzene rings is 1. The lowest BCUT2D eigenvalue weighted by Gasteiger charge is -2.30. The van der Waals surface area contributed by atoms with Crippen LogP contribution in [-0.4, -0.2) is 64.8 Å². The highest BCUT2D eigenvalue weighted by atomic mass is 16.6. The number of esters is 1. The predicted octanol–water partition coefficient (Wildman–Crippen LogP) is 1.78. The van der Waals surface area contributed by atoms with Crippen molar-refractivity contribution in [1.82, 2.24) is 14.7 Å². The van der Waals surface area contributed by atoms with E-state index in [1.165, 1.54) is 0 Å². The van der Waals surface area contributed by atoms with Crippen LogP contribution >= 0.6 is 0 Å². The summed E-state index contributed by atoms with van der Waals surface area (Å²) in [5.41, 5.74) is 1.97. The third kappa shape index (κ3) is 3.83. The molecule has 2 aromatic rings. The molecule has 150 valence electrons. The zero-order chi connectivity index (χ0) is 19.5. The first-order valence-electron chi connectivity index (χ1n) is 9.70. The molecule has 0 amide bonds. The van der Waals surface area contributed by atoms with Crippen molar-refractivity contribution in [2.75, 3.05) is 32.9 Å². The summed E-state index contributed by atoms with van der Waals surface area (Å²) >= 11 is 0. The van der Waals surface area contributed by atoms with Gasteiger partial charge in [-0.15, -0.1) is 0 Å². The Morgan fingerprint density at radius 1 is 1.32 bits per heavy atom. The minimum atomic E-state index is -0.390. The topological polar surface area (TPSA) is 86.0 Å². The number of aromatic nitrogens is 2. The highest BCUT2D eigenvalue weighted by Crippen LogP contribution is 2.32. The average molecular weight is 387 g/mol. The quantitative estimate of drug-likeness (QED) is 0.783. The van der Waals surface area contributed by atoms with Gasteiger partial charge in [0, 0.05) is 19.2 Å². The molecule has 1 aromatic carbocycles. The molecule has 4 rings (SSSR count). The summed E-state index contributed by atoms with van der Waals surface area (Å²) in [5, 5.41) is 14.5. The van der Waals surface area contributed by atoms with Crippen LogP contribution in [-0.2, 0) is 11.3 Å². The van der Waals surface area contributed by atoms with Crippen molar-refractivity contribution in [2.24, 2.45) is 0 Å². The van der Waals surface area contributed by atoms with E-state index in [0.29, 0.717) is 50.0 Å². The Labute approximate surface area is 163 Å². The van der Waals surface area contributed by atoms with Crippen molar-refractivity contribution < 1.29 is 24.1 Å². The Balaban J connectivity index is 1.69. The SMILES string of the molecule is CCOC(=O)c1cnn(-c2ccc3c(c2)OCCO3)c1CN1CCCC(O)C1. The molecule has 1 aromatic heterocycles. The van der Waals surface area contributed by atoms with Gasteiger partial charge < -0.3 is 19.3 Å². The fraction of sp³-hybridized carbons (Fsp3) is 0.500. The van der Waals surface area contributed by atoms with Gasteiger partial charge in [-0.3, -0.25) is 4.90 Å². The number of nitrogens with zero attached hydrogens (tertiary/aromatic N) is 3. The number of hydrogen-bond donors (Lipinski definition) is 1. The van der Waals surface area contributed by atoms with Crippen LogP contribution < -0.4 is 9.47 Å². The number of rotatable bonds is 5. The molecule has 1 saturated heterocycles. The fourth-order valence-electron chi connectivity index (χ4n) is 3.68. The second-order valence-electron chi connectivity index (χ2n) is 7.00. The summed E-state index contributed by atoms with van der Waals surface area (Å²) in [7, 11) is 0. The van der Waals surface area contributed by atoms with Gasteiger partial charge in [-0.25, -0.2) is 9.48 Å². The molecule has 8 heteroatoms. The summed E-state index contributed by atoms with van der Waals surface area (Å²) in [4.78, 5) is 14.6. The summed E-state index contributed by atoms with van der Waals surface area (Å²) in [6.07, 6.45) is 2.94. The summed E-state index contributed by atoms with van der Waals surface area (Å²) in [5.74, 6) is 0.976. The molecule has 1 atom stereocenters. The third-order valence-electron chi connectivity index (χ3n) is 4.99. The van der Waals surface area contributed by atoms with E-state index < -0.39 is 0 Å². The lowest BCUT2D eigenvalue weighted by Crippen LogP contribution is -2.38. The van der Waals surface area contributed by atoms with Crippen LogP contribution in [0, 0.1) is 0 Å². The summed E-state index contributed by atoms with van der Waals surface area (Å²) < 4.78 is 18.2. The van der Waals surface area contributed by atoms with E-state index in [0.717, 1.165) is 30.8 Å². The van der Waals surface area contributed by atoms with E-state index in [1.807, 2.05) is 18.2 Å². The van der Waals surface area contributed by atoms with Crippen molar-refractivity contribution in [1.29, 1.82) is 0 Å². The van der Waals surface area contributed by atoms with Crippen LogP contribution in [0.5, 0.6) is 11.5 Å². The molecular weight excluding hydrogens is 362 g/mol. The lowest BCUT2D eigenvalue weighted by molar-refractivity contribution is 0.0517. The van der Waals surface area contributed by atoms with Crippen molar-refractivity contribution in [3.05, 3.63) is 35.7 Å². The molecule has 0 spiro atoms. The van der Waals surface area contributed by atoms with Crippen LogP contribution in [0.4, 0.5) is 0 Å². The third-order valence-corrected chi connectivity index (χ3v) is 4.99. The molecule has 8 nitrogen and oxygen atoms in total. The van der Waals surface area contributed by atoms with Gasteiger partial charge in [-0.1, -0.05) is 0 Å². The Hall–Kier alpha value is -2.58. The molecule has 2 aliphatic rings. The van der Waals surface area contributed by atoms with E-state index in [4.69, 9.17) is 14.2 Å². The smallest absolute Gasteiger partial charge is 0.341 e. The van der Waals surface area contributed by atoms with Gasteiger partial charge in [0.05, 0.1) is 30.3 Å². The maximum atomic E-state index is 12.5. The minimum Gasteiger partial charge on any atom is -0.486 e. The maximum absolute atomic E-state index is 12.5. The van der Waals surface area contributed by atoms with Gasteiger partial charge in [0.2, 0.25) is 0 Å². The number of carbonyl (C=O) groups excluding carboxylic acids is 1. The standard InChI is InChI=1S/C20H25N3O5/c1-2-26-20(25)16-11-21-23(17(16)13-22-7-3-4-15(24)12-22)14-5-6-18-19(10-14)28-9-8-27-18/h5-6,10-11,15,24H,2-4,7-9,12-13H2,1H3. The molecule has 0 aliphatic carbocycles.